The number of aliphatic hydroxyl groups excluding tert-OH is 1. The number of aliphatic hydroxyl groups is 1. The van der Waals surface area contributed by atoms with E-state index in [0.717, 1.165) is 0 Å². The zero-order valence-electron chi connectivity index (χ0n) is 10.5. The van der Waals surface area contributed by atoms with Gasteiger partial charge in [0.15, 0.2) is 6.10 Å². The molecule has 1 aromatic rings. The van der Waals surface area contributed by atoms with Crippen LogP contribution in [-0.4, -0.2) is 16.2 Å². The number of carboxylic acid groups (broad SMARTS) is 1. The molecule has 2 N–H and O–H groups in total. The van der Waals surface area contributed by atoms with Gasteiger partial charge in [0.05, 0.1) is 11.1 Å². The van der Waals surface area contributed by atoms with Gasteiger partial charge in [0.1, 0.15) is 0 Å². The van der Waals surface area contributed by atoms with Gasteiger partial charge in [-0.1, -0.05) is 6.92 Å². The van der Waals surface area contributed by atoms with Crippen LogP contribution in [0, 0.1) is 0 Å². The summed E-state index contributed by atoms with van der Waals surface area (Å²) in [6.07, 6.45) is -13.0. The Morgan fingerprint density at radius 1 is 1.14 bits per heavy atom. The molecular weight excluding hydrogens is 306 g/mol. The summed E-state index contributed by atoms with van der Waals surface area (Å²) in [6, 6.07) is 0.143. The molecule has 1 rings (SSSR count). The van der Waals surface area contributed by atoms with Crippen molar-refractivity contribution < 1.29 is 41.4 Å². The van der Waals surface area contributed by atoms with Crippen molar-refractivity contribution in [2.75, 3.05) is 0 Å². The number of alkyl halides is 6. The molecule has 0 fully saturated rings. The van der Waals surface area contributed by atoms with E-state index in [-0.39, 0.29) is 18.6 Å². The summed E-state index contributed by atoms with van der Waals surface area (Å²) < 4.78 is 76.5. The Labute approximate surface area is 114 Å². The summed E-state index contributed by atoms with van der Waals surface area (Å²) >= 11 is 0. The van der Waals surface area contributed by atoms with Gasteiger partial charge in [-0.25, -0.2) is 4.79 Å². The standard InChI is InChI=1S/C12H10F6O3/c1-2-6-7(9(19)10(20)21)3-5(11(13,14)15)4-8(6)12(16,17)18/h3-4,9,19H,2H2,1H3,(H,20,21). The van der Waals surface area contributed by atoms with E-state index in [9.17, 15) is 36.2 Å². The Morgan fingerprint density at radius 3 is 2.00 bits per heavy atom. The molecular formula is C12H10F6O3. The smallest absolute Gasteiger partial charge is 0.416 e. The van der Waals surface area contributed by atoms with Crippen molar-refractivity contribution in [2.45, 2.75) is 31.8 Å². The quantitative estimate of drug-likeness (QED) is 0.840. The lowest BCUT2D eigenvalue weighted by Gasteiger charge is -2.20. The maximum absolute atomic E-state index is 12.9. The molecule has 0 saturated heterocycles. The van der Waals surface area contributed by atoms with Crippen molar-refractivity contribution in [1.82, 2.24) is 0 Å². The summed E-state index contributed by atoms with van der Waals surface area (Å²) in [5, 5.41) is 18.0. The Hall–Kier alpha value is -1.77. The van der Waals surface area contributed by atoms with Crippen molar-refractivity contribution in [3.63, 3.8) is 0 Å². The molecule has 3 nitrogen and oxygen atoms in total. The Morgan fingerprint density at radius 2 is 1.67 bits per heavy atom. The van der Waals surface area contributed by atoms with Crippen LogP contribution in [0.2, 0.25) is 0 Å². The predicted octanol–water partition coefficient (Wildman–Crippen LogP) is 3.40. The number of carbonyl (C=O) groups is 1. The van der Waals surface area contributed by atoms with Crippen LogP contribution in [0.4, 0.5) is 26.3 Å². The fraction of sp³-hybridized carbons (Fsp3) is 0.417. The Kier molecular flexibility index (Phi) is 4.57. The molecule has 0 aliphatic carbocycles. The van der Waals surface area contributed by atoms with E-state index in [2.05, 4.69) is 0 Å². The first kappa shape index (κ1) is 17.3. The number of hydrogen-bond donors (Lipinski definition) is 2. The number of aliphatic carboxylic acids is 1. The van der Waals surface area contributed by atoms with Crippen LogP contribution in [-0.2, 0) is 23.6 Å². The van der Waals surface area contributed by atoms with Gasteiger partial charge in [0.2, 0.25) is 0 Å². The van der Waals surface area contributed by atoms with Crippen LogP contribution >= 0.6 is 0 Å². The first-order valence-electron chi connectivity index (χ1n) is 5.61. The zero-order chi connectivity index (χ0) is 16.6. The van der Waals surface area contributed by atoms with Gasteiger partial charge >= 0.3 is 18.3 Å². The molecule has 1 atom stereocenters. The largest absolute Gasteiger partial charge is 0.479 e. The van der Waals surface area contributed by atoms with Gasteiger partial charge in [-0.2, -0.15) is 26.3 Å². The average Bonchev–Trinajstić information content (AvgIpc) is 2.33. The van der Waals surface area contributed by atoms with Crippen LogP contribution in [0.5, 0.6) is 0 Å². The summed E-state index contributed by atoms with van der Waals surface area (Å²) in [7, 11) is 0. The third-order valence-electron chi connectivity index (χ3n) is 2.80. The van der Waals surface area contributed by atoms with Gasteiger partial charge in [0.25, 0.3) is 0 Å². The topological polar surface area (TPSA) is 57.5 Å². The van der Waals surface area contributed by atoms with Crippen molar-refractivity contribution in [3.8, 4) is 0 Å². The SMILES string of the molecule is CCc1c(C(O)C(=O)O)cc(C(F)(F)F)cc1C(F)(F)F. The summed E-state index contributed by atoms with van der Waals surface area (Å²) in [5.74, 6) is -1.93. The van der Waals surface area contributed by atoms with Crippen molar-refractivity contribution in [1.29, 1.82) is 0 Å². The lowest BCUT2D eigenvalue weighted by Crippen LogP contribution is -2.20. The predicted molar refractivity (Wildman–Crippen MR) is 58.4 cm³/mol. The lowest BCUT2D eigenvalue weighted by atomic mass is 9.92. The molecule has 1 aromatic carbocycles. The van der Waals surface area contributed by atoms with Crippen LogP contribution in [0.3, 0.4) is 0 Å². The van der Waals surface area contributed by atoms with Crippen molar-refractivity contribution in [3.05, 3.63) is 34.4 Å². The highest BCUT2D eigenvalue weighted by Gasteiger charge is 2.40. The monoisotopic (exact) mass is 316 g/mol. The molecule has 21 heavy (non-hydrogen) atoms. The molecule has 0 radical (unpaired) electrons. The Balaban J connectivity index is 3.72. The van der Waals surface area contributed by atoms with E-state index in [1.165, 1.54) is 6.92 Å². The van der Waals surface area contributed by atoms with E-state index >= 15 is 0 Å². The first-order valence-corrected chi connectivity index (χ1v) is 5.61. The second-order valence-electron chi connectivity index (χ2n) is 4.18. The molecule has 118 valence electrons. The Bertz CT molecular complexity index is 547. The van der Waals surface area contributed by atoms with Gasteiger partial charge in [0, 0.05) is 0 Å². The lowest BCUT2D eigenvalue weighted by molar-refractivity contribution is -0.149. The highest BCUT2D eigenvalue weighted by atomic mass is 19.4. The van der Waals surface area contributed by atoms with E-state index < -0.39 is 46.7 Å². The second kappa shape index (κ2) is 5.55. The highest BCUT2D eigenvalue weighted by molar-refractivity contribution is 5.75. The van der Waals surface area contributed by atoms with Gasteiger partial charge in [-0.05, 0) is 29.7 Å². The minimum atomic E-state index is -5.10. The number of carboxylic acids is 1. The molecule has 0 bridgehead atoms. The molecule has 0 aromatic heterocycles. The molecule has 0 amide bonds. The molecule has 0 spiro atoms. The number of halogens is 6. The molecule has 0 heterocycles. The summed E-state index contributed by atoms with van der Waals surface area (Å²) in [4.78, 5) is 10.7. The molecule has 0 saturated carbocycles. The fourth-order valence-electron chi connectivity index (χ4n) is 1.88. The molecule has 0 aliphatic heterocycles. The second-order valence-corrected chi connectivity index (χ2v) is 4.18. The van der Waals surface area contributed by atoms with Gasteiger partial charge < -0.3 is 10.2 Å². The van der Waals surface area contributed by atoms with Crippen LogP contribution in [0.15, 0.2) is 12.1 Å². The van der Waals surface area contributed by atoms with Crippen LogP contribution < -0.4 is 0 Å². The normalized spacial score (nSPS) is 14.1. The molecule has 0 aliphatic rings. The maximum Gasteiger partial charge on any atom is 0.416 e. The summed E-state index contributed by atoms with van der Waals surface area (Å²) in [5.41, 5.74) is -4.85. The van der Waals surface area contributed by atoms with Crippen LogP contribution in [0.25, 0.3) is 0 Å². The third kappa shape index (κ3) is 3.66. The zero-order valence-corrected chi connectivity index (χ0v) is 10.5. The summed E-state index contributed by atoms with van der Waals surface area (Å²) in [6.45, 7) is 1.22. The van der Waals surface area contributed by atoms with E-state index in [0.29, 0.717) is 0 Å². The van der Waals surface area contributed by atoms with Gasteiger partial charge in [-0.3, -0.25) is 0 Å². The minimum absolute atomic E-state index is 0.0864. The van der Waals surface area contributed by atoms with Gasteiger partial charge in [-0.15, -0.1) is 0 Å². The van der Waals surface area contributed by atoms with E-state index in [4.69, 9.17) is 5.11 Å². The maximum atomic E-state index is 12.9. The third-order valence-corrected chi connectivity index (χ3v) is 2.80. The van der Waals surface area contributed by atoms with E-state index in [1.807, 2.05) is 0 Å². The van der Waals surface area contributed by atoms with Crippen molar-refractivity contribution in [2.24, 2.45) is 0 Å². The first-order chi connectivity index (χ1) is 9.39. The van der Waals surface area contributed by atoms with E-state index in [1.54, 1.807) is 0 Å². The molecule has 9 heteroatoms. The number of benzene rings is 1. The number of hydrogen-bond acceptors (Lipinski definition) is 2. The fourth-order valence-corrected chi connectivity index (χ4v) is 1.88. The van der Waals surface area contributed by atoms with Crippen molar-refractivity contribution >= 4 is 5.97 Å². The highest BCUT2D eigenvalue weighted by Crippen LogP contribution is 2.40. The average molecular weight is 316 g/mol. The minimum Gasteiger partial charge on any atom is -0.479 e. The molecule has 1 unspecified atom stereocenters. The number of rotatable bonds is 3. The van der Waals surface area contributed by atoms with Crippen LogP contribution in [0.1, 0.15) is 35.3 Å².